The van der Waals surface area contributed by atoms with Crippen LogP contribution >= 0.6 is 23.2 Å². The summed E-state index contributed by atoms with van der Waals surface area (Å²) in [6.45, 7) is 4.21. The first kappa shape index (κ1) is 13.5. The first-order chi connectivity index (χ1) is 9.60. The Bertz CT molecular complexity index is 791. The largest absolute Gasteiger partial charge is 0.299 e. The first-order valence-electron chi connectivity index (χ1n) is 6.39. The van der Waals surface area contributed by atoms with E-state index in [1.165, 1.54) is 11.1 Å². The van der Waals surface area contributed by atoms with Gasteiger partial charge in [-0.05, 0) is 60.9 Å². The van der Waals surface area contributed by atoms with Crippen LogP contribution < -0.4 is 0 Å². The number of aryl methyl sites for hydroxylation is 2. The molecule has 0 N–H and O–H groups in total. The standard InChI is InChI=1S/C16H14Cl2N2/c1-10-5-14-16(6-11(10)2)20(9-19-14)15-4-3-13(18)7-12(15)8-17/h3-7,9H,8H2,1-2H3. The average Bonchev–Trinajstić information content (AvgIpc) is 2.82. The van der Waals surface area contributed by atoms with Crippen LogP contribution in [0.4, 0.5) is 0 Å². The molecule has 0 saturated heterocycles. The summed E-state index contributed by atoms with van der Waals surface area (Å²) < 4.78 is 2.07. The molecule has 3 rings (SSSR count). The summed E-state index contributed by atoms with van der Waals surface area (Å²) in [7, 11) is 0. The minimum atomic E-state index is 0.417. The van der Waals surface area contributed by atoms with E-state index in [0.717, 1.165) is 22.3 Å². The lowest BCUT2D eigenvalue weighted by molar-refractivity contribution is 1.07. The predicted molar refractivity (Wildman–Crippen MR) is 85.1 cm³/mol. The summed E-state index contributed by atoms with van der Waals surface area (Å²) in [5.74, 6) is 0.417. The third kappa shape index (κ3) is 2.19. The highest BCUT2D eigenvalue weighted by molar-refractivity contribution is 6.30. The number of imidazole rings is 1. The molecule has 0 aliphatic heterocycles. The number of nitrogens with zero attached hydrogens (tertiary/aromatic N) is 2. The number of hydrogen-bond acceptors (Lipinski definition) is 1. The van der Waals surface area contributed by atoms with Crippen LogP contribution in [-0.2, 0) is 5.88 Å². The van der Waals surface area contributed by atoms with Gasteiger partial charge in [0.1, 0.15) is 6.33 Å². The molecular formula is C16H14Cl2N2. The second kappa shape index (κ2) is 5.12. The van der Waals surface area contributed by atoms with Gasteiger partial charge in [0.25, 0.3) is 0 Å². The molecule has 102 valence electrons. The van der Waals surface area contributed by atoms with Crippen LogP contribution in [0.15, 0.2) is 36.7 Å². The van der Waals surface area contributed by atoms with Gasteiger partial charge in [0.05, 0.1) is 16.7 Å². The second-order valence-corrected chi connectivity index (χ2v) is 5.65. The SMILES string of the molecule is Cc1cc2ncn(-c3ccc(Cl)cc3CCl)c2cc1C. The van der Waals surface area contributed by atoms with E-state index in [9.17, 15) is 0 Å². The second-order valence-electron chi connectivity index (χ2n) is 4.95. The number of hydrogen-bond donors (Lipinski definition) is 0. The number of fused-ring (bicyclic) bond motifs is 1. The van der Waals surface area contributed by atoms with Crippen molar-refractivity contribution in [1.29, 1.82) is 0 Å². The Morgan fingerprint density at radius 3 is 2.60 bits per heavy atom. The van der Waals surface area contributed by atoms with Crippen LogP contribution in [-0.4, -0.2) is 9.55 Å². The third-order valence-electron chi connectivity index (χ3n) is 3.61. The molecule has 2 nitrogen and oxygen atoms in total. The smallest absolute Gasteiger partial charge is 0.100 e. The van der Waals surface area contributed by atoms with E-state index < -0.39 is 0 Å². The molecule has 0 radical (unpaired) electrons. The molecule has 1 heterocycles. The van der Waals surface area contributed by atoms with E-state index in [2.05, 4.69) is 35.5 Å². The summed E-state index contributed by atoms with van der Waals surface area (Å²) in [5, 5.41) is 0.695. The van der Waals surface area contributed by atoms with Gasteiger partial charge in [0.15, 0.2) is 0 Å². The van der Waals surface area contributed by atoms with Gasteiger partial charge in [0.2, 0.25) is 0 Å². The van der Waals surface area contributed by atoms with Crippen molar-refractivity contribution in [3.63, 3.8) is 0 Å². The lowest BCUT2D eigenvalue weighted by atomic mass is 10.1. The van der Waals surface area contributed by atoms with E-state index in [0.29, 0.717) is 10.9 Å². The van der Waals surface area contributed by atoms with Crippen LogP contribution in [0, 0.1) is 13.8 Å². The van der Waals surface area contributed by atoms with E-state index in [1.54, 1.807) is 0 Å². The molecule has 0 saturated carbocycles. The molecule has 20 heavy (non-hydrogen) atoms. The van der Waals surface area contributed by atoms with Crippen molar-refractivity contribution in [2.75, 3.05) is 0 Å². The lowest BCUT2D eigenvalue weighted by Gasteiger charge is -2.10. The Balaban J connectivity index is 2.27. The van der Waals surface area contributed by atoms with E-state index in [4.69, 9.17) is 23.2 Å². The Labute approximate surface area is 128 Å². The van der Waals surface area contributed by atoms with E-state index in [1.807, 2.05) is 24.5 Å². The van der Waals surface area contributed by atoms with Gasteiger partial charge in [0, 0.05) is 10.9 Å². The summed E-state index contributed by atoms with van der Waals surface area (Å²) in [4.78, 5) is 4.48. The molecular weight excluding hydrogens is 291 g/mol. The molecule has 3 aromatic rings. The van der Waals surface area contributed by atoms with Crippen LogP contribution in [0.25, 0.3) is 16.7 Å². The molecule has 0 spiro atoms. The maximum absolute atomic E-state index is 6.04. The quantitative estimate of drug-likeness (QED) is 0.607. The minimum absolute atomic E-state index is 0.417. The highest BCUT2D eigenvalue weighted by atomic mass is 35.5. The molecule has 0 atom stereocenters. The fourth-order valence-corrected chi connectivity index (χ4v) is 2.76. The first-order valence-corrected chi connectivity index (χ1v) is 7.30. The lowest BCUT2D eigenvalue weighted by Crippen LogP contribution is -1.97. The van der Waals surface area contributed by atoms with Crippen LogP contribution in [0.3, 0.4) is 0 Å². The molecule has 0 aliphatic carbocycles. The molecule has 0 bridgehead atoms. The van der Waals surface area contributed by atoms with Crippen LogP contribution in [0.2, 0.25) is 5.02 Å². The molecule has 0 amide bonds. The van der Waals surface area contributed by atoms with Gasteiger partial charge in [-0.3, -0.25) is 4.57 Å². The Hall–Kier alpha value is -1.51. The van der Waals surface area contributed by atoms with Crippen molar-refractivity contribution in [1.82, 2.24) is 9.55 Å². The average molecular weight is 305 g/mol. The summed E-state index contributed by atoms with van der Waals surface area (Å²) in [6.07, 6.45) is 1.84. The van der Waals surface area contributed by atoms with Gasteiger partial charge in [-0.25, -0.2) is 4.98 Å². The zero-order chi connectivity index (χ0) is 14.3. The maximum Gasteiger partial charge on any atom is 0.100 e. The van der Waals surface area contributed by atoms with E-state index in [-0.39, 0.29) is 0 Å². The number of alkyl halides is 1. The van der Waals surface area contributed by atoms with Crippen molar-refractivity contribution >= 4 is 34.2 Å². The Morgan fingerprint density at radius 1 is 1.10 bits per heavy atom. The van der Waals surface area contributed by atoms with Crippen LogP contribution in [0.1, 0.15) is 16.7 Å². The van der Waals surface area contributed by atoms with Crippen molar-refractivity contribution in [3.05, 3.63) is 58.4 Å². The van der Waals surface area contributed by atoms with Gasteiger partial charge >= 0.3 is 0 Å². The van der Waals surface area contributed by atoms with Crippen molar-refractivity contribution in [3.8, 4) is 5.69 Å². The molecule has 4 heteroatoms. The predicted octanol–water partition coefficient (Wildman–Crippen LogP) is 5.03. The molecule has 0 aliphatic rings. The highest BCUT2D eigenvalue weighted by Gasteiger charge is 2.10. The third-order valence-corrected chi connectivity index (χ3v) is 4.13. The fourth-order valence-electron chi connectivity index (χ4n) is 2.35. The number of rotatable bonds is 2. The normalized spacial score (nSPS) is 11.2. The molecule has 1 aromatic heterocycles. The Kier molecular flexibility index (Phi) is 3.45. The van der Waals surface area contributed by atoms with Crippen molar-refractivity contribution in [2.24, 2.45) is 0 Å². The van der Waals surface area contributed by atoms with Gasteiger partial charge < -0.3 is 0 Å². The zero-order valence-electron chi connectivity index (χ0n) is 11.3. The van der Waals surface area contributed by atoms with Crippen molar-refractivity contribution < 1.29 is 0 Å². The van der Waals surface area contributed by atoms with E-state index >= 15 is 0 Å². The molecule has 0 unspecified atom stereocenters. The number of aromatic nitrogens is 2. The van der Waals surface area contributed by atoms with Gasteiger partial charge in [-0.2, -0.15) is 0 Å². The summed E-state index contributed by atoms with van der Waals surface area (Å²) in [6, 6.07) is 10.0. The highest BCUT2D eigenvalue weighted by Crippen LogP contribution is 2.26. The Morgan fingerprint density at radius 2 is 1.85 bits per heavy atom. The summed E-state index contributed by atoms with van der Waals surface area (Å²) >= 11 is 12.1. The maximum atomic E-state index is 6.04. The van der Waals surface area contributed by atoms with Crippen LogP contribution in [0.5, 0.6) is 0 Å². The van der Waals surface area contributed by atoms with Crippen molar-refractivity contribution in [2.45, 2.75) is 19.7 Å². The number of halogens is 2. The summed E-state index contributed by atoms with van der Waals surface area (Å²) in [5.41, 5.74) is 6.59. The topological polar surface area (TPSA) is 17.8 Å². The zero-order valence-corrected chi connectivity index (χ0v) is 12.8. The fraction of sp³-hybridized carbons (Fsp3) is 0.188. The van der Waals surface area contributed by atoms with Gasteiger partial charge in [-0.15, -0.1) is 11.6 Å². The van der Waals surface area contributed by atoms with Gasteiger partial charge in [-0.1, -0.05) is 11.6 Å². The molecule has 2 aromatic carbocycles. The molecule has 0 fully saturated rings. The number of benzene rings is 2. The monoisotopic (exact) mass is 304 g/mol. The minimum Gasteiger partial charge on any atom is -0.299 e.